The van der Waals surface area contributed by atoms with E-state index >= 15 is 0 Å². The summed E-state index contributed by atoms with van der Waals surface area (Å²) in [5, 5.41) is 11.6. The van der Waals surface area contributed by atoms with E-state index in [0.29, 0.717) is 71.1 Å². The topological polar surface area (TPSA) is 56.9 Å². The van der Waals surface area contributed by atoms with E-state index in [1.807, 2.05) is 11.0 Å². The lowest BCUT2D eigenvalue weighted by Gasteiger charge is -2.36. The van der Waals surface area contributed by atoms with Crippen molar-refractivity contribution in [1.82, 2.24) is 4.90 Å². The van der Waals surface area contributed by atoms with Gasteiger partial charge >= 0.3 is 0 Å². The van der Waals surface area contributed by atoms with Gasteiger partial charge in [0.1, 0.15) is 23.4 Å². The average Bonchev–Trinajstić information content (AvgIpc) is 2.83. The second-order valence-corrected chi connectivity index (χ2v) is 8.58. The fourth-order valence-electron chi connectivity index (χ4n) is 4.31. The Hall–Kier alpha value is -3.35. The molecule has 3 aromatic carbocycles. The summed E-state index contributed by atoms with van der Waals surface area (Å²) < 4.78 is 20.0. The van der Waals surface area contributed by atoms with Crippen molar-refractivity contribution in [3.05, 3.63) is 93.6 Å². The van der Waals surface area contributed by atoms with Gasteiger partial charge in [-0.15, -0.1) is 0 Å². The van der Waals surface area contributed by atoms with Crippen LogP contribution >= 0.6 is 11.6 Å². The number of para-hydroxylation sites is 1. The van der Waals surface area contributed by atoms with Crippen molar-refractivity contribution < 1.29 is 13.9 Å². The first-order chi connectivity index (χ1) is 16.0. The number of hydrogen-bond donors (Lipinski definition) is 1. The monoisotopic (exact) mass is 464 g/mol. The highest BCUT2D eigenvalue weighted by Gasteiger charge is 2.22. The Morgan fingerprint density at radius 3 is 2.42 bits per heavy atom. The summed E-state index contributed by atoms with van der Waals surface area (Å²) in [5.74, 6) is -0.141. The van der Waals surface area contributed by atoms with Crippen molar-refractivity contribution in [2.75, 3.05) is 31.1 Å². The summed E-state index contributed by atoms with van der Waals surface area (Å²) in [7, 11) is 0. The third-order valence-corrected chi connectivity index (χ3v) is 6.37. The zero-order valence-corrected chi connectivity index (χ0v) is 18.6. The third kappa shape index (κ3) is 4.19. The molecule has 0 amide bonds. The number of halogens is 2. The first-order valence-corrected chi connectivity index (χ1v) is 11.1. The van der Waals surface area contributed by atoms with E-state index in [-0.39, 0.29) is 17.0 Å². The fraction of sp³-hybridized carbons (Fsp3) is 0.192. The number of hydrogen-bond acceptors (Lipinski definition) is 5. The summed E-state index contributed by atoms with van der Waals surface area (Å²) >= 11 is 5.96. The Morgan fingerprint density at radius 2 is 1.70 bits per heavy atom. The lowest BCUT2D eigenvalue weighted by molar-refractivity contribution is 0.246. The van der Waals surface area contributed by atoms with Gasteiger partial charge in [-0.3, -0.25) is 9.69 Å². The Kier molecular flexibility index (Phi) is 5.79. The molecule has 5 nitrogen and oxygen atoms in total. The summed E-state index contributed by atoms with van der Waals surface area (Å²) in [4.78, 5) is 17.4. The smallest absolute Gasteiger partial charge is 0.200 e. The van der Waals surface area contributed by atoms with Crippen LogP contribution in [0.2, 0.25) is 5.02 Å². The van der Waals surface area contributed by atoms with Crippen LogP contribution in [0.25, 0.3) is 22.1 Å². The van der Waals surface area contributed by atoms with Crippen molar-refractivity contribution in [1.29, 1.82) is 0 Å². The number of rotatable bonds is 4. The van der Waals surface area contributed by atoms with E-state index in [0.717, 1.165) is 0 Å². The summed E-state index contributed by atoms with van der Waals surface area (Å²) in [6.45, 7) is 3.14. The maximum absolute atomic E-state index is 14.1. The highest BCUT2D eigenvalue weighted by molar-refractivity contribution is 6.30. The standard InChI is InChI=1S/C26H22ClFN2O3/c27-18-7-5-17(6-8-18)21-16-33-26-19(25(21)32)9-10-24(31)20(26)15-29-11-13-30(14-12-29)23-4-2-1-3-22(23)28/h1-10,16,31H,11-15H2. The number of phenolic OH excluding ortho intramolecular Hbond substituents is 1. The predicted molar refractivity (Wildman–Crippen MR) is 128 cm³/mol. The molecule has 1 aromatic heterocycles. The quantitative estimate of drug-likeness (QED) is 0.445. The van der Waals surface area contributed by atoms with Gasteiger partial charge in [-0.1, -0.05) is 35.9 Å². The number of phenols is 1. The minimum absolute atomic E-state index is 0.0847. The van der Waals surface area contributed by atoms with Crippen LogP contribution in [0.1, 0.15) is 5.56 Å². The van der Waals surface area contributed by atoms with Crippen molar-refractivity contribution in [2.24, 2.45) is 0 Å². The average molecular weight is 465 g/mol. The molecule has 33 heavy (non-hydrogen) atoms. The maximum atomic E-state index is 14.1. The first-order valence-electron chi connectivity index (χ1n) is 10.8. The molecule has 1 fully saturated rings. The van der Waals surface area contributed by atoms with E-state index in [2.05, 4.69) is 4.90 Å². The molecule has 1 saturated heterocycles. The van der Waals surface area contributed by atoms with Crippen LogP contribution in [0.3, 0.4) is 0 Å². The molecule has 0 atom stereocenters. The normalized spacial score (nSPS) is 14.7. The molecular formula is C26H22ClFN2O3. The summed E-state index contributed by atoms with van der Waals surface area (Å²) in [6, 6.07) is 16.9. The summed E-state index contributed by atoms with van der Waals surface area (Å²) in [5.41, 5.74) is 2.55. The minimum Gasteiger partial charge on any atom is -0.507 e. The Balaban J connectivity index is 1.40. The van der Waals surface area contributed by atoms with Crippen molar-refractivity contribution in [2.45, 2.75) is 6.54 Å². The number of aromatic hydroxyl groups is 1. The highest BCUT2D eigenvalue weighted by atomic mass is 35.5. The van der Waals surface area contributed by atoms with Crippen LogP contribution in [0.4, 0.5) is 10.1 Å². The van der Waals surface area contributed by atoms with Crippen LogP contribution in [0, 0.1) is 5.82 Å². The third-order valence-electron chi connectivity index (χ3n) is 6.12. The van der Waals surface area contributed by atoms with Crippen LogP contribution in [0.15, 0.2) is 76.1 Å². The number of piperazine rings is 1. The predicted octanol–water partition coefficient (Wildman–Crippen LogP) is 5.28. The Labute approximate surface area is 195 Å². The van der Waals surface area contributed by atoms with Gasteiger partial charge in [0.2, 0.25) is 5.43 Å². The van der Waals surface area contributed by atoms with Crippen LogP contribution in [-0.4, -0.2) is 36.2 Å². The highest BCUT2D eigenvalue weighted by Crippen LogP contribution is 2.30. The SMILES string of the molecule is O=c1c(-c2ccc(Cl)cc2)coc2c(CN3CCN(c4ccccc4F)CC3)c(O)ccc12. The number of nitrogens with zero attached hydrogens (tertiary/aromatic N) is 2. The maximum Gasteiger partial charge on any atom is 0.200 e. The van der Waals surface area contributed by atoms with E-state index in [4.69, 9.17) is 16.0 Å². The van der Waals surface area contributed by atoms with Gasteiger partial charge in [0, 0.05) is 37.7 Å². The van der Waals surface area contributed by atoms with Crippen molar-refractivity contribution in [3.63, 3.8) is 0 Å². The van der Waals surface area contributed by atoms with E-state index in [1.165, 1.54) is 18.4 Å². The molecule has 1 aliphatic heterocycles. The molecule has 0 saturated carbocycles. The molecule has 168 valence electrons. The molecule has 4 aromatic rings. The molecule has 0 bridgehead atoms. The minimum atomic E-state index is -0.226. The number of benzene rings is 3. The van der Waals surface area contributed by atoms with E-state index in [1.54, 1.807) is 42.5 Å². The molecule has 0 spiro atoms. The van der Waals surface area contributed by atoms with Crippen LogP contribution < -0.4 is 10.3 Å². The lowest BCUT2D eigenvalue weighted by atomic mass is 10.0. The molecule has 0 radical (unpaired) electrons. The molecule has 0 unspecified atom stereocenters. The largest absolute Gasteiger partial charge is 0.507 e. The summed E-state index contributed by atoms with van der Waals surface area (Å²) in [6.07, 6.45) is 1.44. The molecule has 2 heterocycles. The molecule has 0 aliphatic carbocycles. The lowest BCUT2D eigenvalue weighted by Crippen LogP contribution is -2.46. The zero-order valence-electron chi connectivity index (χ0n) is 17.8. The van der Waals surface area contributed by atoms with Gasteiger partial charge in [0.15, 0.2) is 0 Å². The number of anilines is 1. The van der Waals surface area contributed by atoms with E-state index < -0.39 is 0 Å². The zero-order chi connectivity index (χ0) is 22.9. The van der Waals surface area contributed by atoms with E-state index in [9.17, 15) is 14.3 Å². The second kappa shape index (κ2) is 8.89. The van der Waals surface area contributed by atoms with Crippen molar-refractivity contribution >= 4 is 28.3 Å². The van der Waals surface area contributed by atoms with Crippen molar-refractivity contribution in [3.8, 4) is 16.9 Å². The van der Waals surface area contributed by atoms with Gasteiger partial charge in [0.05, 0.1) is 22.2 Å². The van der Waals surface area contributed by atoms with Gasteiger partial charge in [-0.05, 0) is 42.0 Å². The number of fused-ring (bicyclic) bond motifs is 1. The second-order valence-electron chi connectivity index (χ2n) is 8.14. The first kappa shape index (κ1) is 21.5. The molecule has 1 aliphatic rings. The van der Waals surface area contributed by atoms with Gasteiger partial charge in [-0.25, -0.2) is 4.39 Å². The molecule has 7 heteroatoms. The Morgan fingerprint density at radius 1 is 0.970 bits per heavy atom. The Bertz CT molecular complexity index is 1360. The van der Waals surface area contributed by atoms with Crippen LogP contribution in [-0.2, 0) is 6.54 Å². The molecule has 1 N–H and O–H groups in total. The van der Waals surface area contributed by atoms with Gasteiger partial charge < -0.3 is 14.4 Å². The molecular weight excluding hydrogens is 443 g/mol. The van der Waals surface area contributed by atoms with Crippen LogP contribution in [0.5, 0.6) is 5.75 Å². The van der Waals surface area contributed by atoms with Gasteiger partial charge in [0.25, 0.3) is 0 Å². The van der Waals surface area contributed by atoms with Gasteiger partial charge in [-0.2, -0.15) is 0 Å². The molecule has 5 rings (SSSR count). The fourth-order valence-corrected chi connectivity index (χ4v) is 4.43.